The van der Waals surface area contributed by atoms with Crippen molar-refractivity contribution in [3.8, 4) is 11.3 Å². The summed E-state index contributed by atoms with van der Waals surface area (Å²) in [4.78, 5) is 20.0. The van der Waals surface area contributed by atoms with Gasteiger partial charge < -0.3 is 10.2 Å². The zero-order chi connectivity index (χ0) is 19.4. The first kappa shape index (κ1) is 19.0. The Kier molecular flexibility index (Phi) is 5.86. The molecule has 0 aliphatic carbocycles. The summed E-state index contributed by atoms with van der Waals surface area (Å²) in [5.74, 6) is -0.0662. The van der Waals surface area contributed by atoms with E-state index >= 15 is 0 Å². The van der Waals surface area contributed by atoms with Gasteiger partial charge in [0.1, 0.15) is 0 Å². The fourth-order valence-electron chi connectivity index (χ4n) is 3.21. The van der Waals surface area contributed by atoms with Gasteiger partial charge in [0.2, 0.25) is 0 Å². The van der Waals surface area contributed by atoms with E-state index in [-0.39, 0.29) is 5.91 Å². The van der Waals surface area contributed by atoms with Crippen LogP contribution in [0.5, 0.6) is 0 Å². The Morgan fingerprint density at radius 2 is 1.96 bits per heavy atom. The lowest BCUT2D eigenvalue weighted by molar-refractivity contribution is 0.0950. The molecule has 0 saturated carbocycles. The van der Waals surface area contributed by atoms with Gasteiger partial charge in [-0.25, -0.2) is 4.98 Å². The van der Waals surface area contributed by atoms with Crippen molar-refractivity contribution in [3.63, 3.8) is 0 Å². The molecular weight excluding hydrogens is 338 g/mol. The maximum atomic E-state index is 12.9. The minimum absolute atomic E-state index is 0.0662. The maximum Gasteiger partial charge on any atom is 0.252 e. The van der Waals surface area contributed by atoms with Crippen molar-refractivity contribution in [1.29, 1.82) is 0 Å². The Bertz CT molecular complexity index is 943. The zero-order valence-corrected chi connectivity index (χ0v) is 16.5. The maximum absolute atomic E-state index is 12.9. The number of carbonyl (C=O) groups excluding carboxylic acids is 1. The largest absolute Gasteiger partial charge is 0.351 e. The van der Waals surface area contributed by atoms with E-state index in [1.54, 1.807) is 6.20 Å². The highest BCUT2D eigenvalue weighted by Crippen LogP contribution is 2.26. The first-order chi connectivity index (χ1) is 13.0. The molecule has 142 valence electrons. The highest BCUT2D eigenvalue weighted by atomic mass is 16.1. The second kappa shape index (κ2) is 8.31. The molecule has 6 nitrogen and oxygen atoms in total. The number of hydrogen-bond donors (Lipinski definition) is 1. The quantitative estimate of drug-likeness (QED) is 0.699. The van der Waals surface area contributed by atoms with Crippen LogP contribution < -0.4 is 5.32 Å². The highest BCUT2D eigenvalue weighted by Gasteiger charge is 2.16. The minimum Gasteiger partial charge on any atom is -0.351 e. The lowest BCUT2D eigenvalue weighted by Crippen LogP contribution is -2.34. The number of pyridine rings is 1. The van der Waals surface area contributed by atoms with Crippen LogP contribution in [-0.2, 0) is 7.05 Å². The number of benzene rings is 1. The van der Waals surface area contributed by atoms with E-state index in [0.29, 0.717) is 12.1 Å². The number of amides is 1. The Balaban J connectivity index is 1.93. The Morgan fingerprint density at radius 1 is 1.22 bits per heavy atom. The van der Waals surface area contributed by atoms with Crippen molar-refractivity contribution in [3.05, 3.63) is 47.8 Å². The van der Waals surface area contributed by atoms with E-state index in [1.165, 1.54) is 0 Å². The van der Waals surface area contributed by atoms with Crippen LogP contribution in [0.15, 0.2) is 36.5 Å². The molecular formula is C21H27N5O. The molecule has 0 unspecified atom stereocenters. The highest BCUT2D eigenvalue weighted by molar-refractivity contribution is 6.07. The number of aryl methyl sites for hydroxylation is 1. The molecule has 2 heterocycles. The van der Waals surface area contributed by atoms with E-state index in [0.717, 1.165) is 47.5 Å². The topological polar surface area (TPSA) is 63.1 Å². The molecule has 2 aromatic heterocycles. The third-order valence-corrected chi connectivity index (χ3v) is 5.08. The van der Waals surface area contributed by atoms with Gasteiger partial charge in [-0.2, -0.15) is 5.10 Å². The summed E-state index contributed by atoms with van der Waals surface area (Å²) in [6, 6.07) is 9.64. The number of rotatable bonds is 7. The summed E-state index contributed by atoms with van der Waals surface area (Å²) in [6.45, 7) is 9.69. The molecule has 0 bridgehead atoms. The summed E-state index contributed by atoms with van der Waals surface area (Å²) < 4.78 is 1.82. The summed E-state index contributed by atoms with van der Waals surface area (Å²) in [5, 5.41) is 8.23. The molecule has 1 amide bonds. The normalized spacial score (nSPS) is 11.3. The second-order valence-corrected chi connectivity index (χ2v) is 6.62. The molecule has 0 spiro atoms. The molecule has 0 fully saturated rings. The molecule has 0 aliphatic rings. The van der Waals surface area contributed by atoms with Crippen molar-refractivity contribution >= 4 is 16.8 Å². The van der Waals surface area contributed by atoms with E-state index in [9.17, 15) is 4.79 Å². The molecule has 1 N–H and O–H groups in total. The average molecular weight is 365 g/mol. The average Bonchev–Trinajstić information content (AvgIpc) is 3.03. The molecule has 0 aliphatic heterocycles. The van der Waals surface area contributed by atoms with Gasteiger partial charge in [-0.3, -0.25) is 9.48 Å². The van der Waals surface area contributed by atoms with Gasteiger partial charge in [0.05, 0.1) is 23.0 Å². The van der Waals surface area contributed by atoms with E-state index in [1.807, 2.05) is 49.0 Å². The number of carbonyl (C=O) groups is 1. The lowest BCUT2D eigenvalue weighted by atomic mass is 10.0. The zero-order valence-electron chi connectivity index (χ0n) is 16.5. The second-order valence-electron chi connectivity index (χ2n) is 6.62. The molecule has 3 rings (SSSR count). The van der Waals surface area contributed by atoms with Crippen molar-refractivity contribution in [1.82, 2.24) is 25.0 Å². The standard InChI is InChI=1S/C21H27N5O/c1-5-26(6-2)12-11-22-21(27)17-13-20(18-14-23-25(4)15(18)3)24-19-10-8-7-9-16(17)19/h7-10,13-14H,5-6,11-12H2,1-4H3,(H,22,27). The van der Waals surface area contributed by atoms with Gasteiger partial charge in [0, 0.05) is 36.8 Å². The fourth-order valence-corrected chi connectivity index (χ4v) is 3.21. The van der Waals surface area contributed by atoms with Gasteiger partial charge in [0.15, 0.2) is 0 Å². The van der Waals surface area contributed by atoms with Crippen LogP contribution >= 0.6 is 0 Å². The first-order valence-electron chi connectivity index (χ1n) is 9.44. The van der Waals surface area contributed by atoms with Crippen molar-refractivity contribution in [2.45, 2.75) is 20.8 Å². The molecule has 1 aromatic carbocycles. The summed E-state index contributed by atoms with van der Waals surface area (Å²) >= 11 is 0. The molecule has 0 atom stereocenters. The number of nitrogens with one attached hydrogen (secondary N) is 1. The third-order valence-electron chi connectivity index (χ3n) is 5.08. The summed E-state index contributed by atoms with van der Waals surface area (Å²) in [7, 11) is 1.90. The van der Waals surface area contributed by atoms with Gasteiger partial charge in [-0.1, -0.05) is 32.0 Å². The van der Waals surface area contributed by atoms with E-state index in [2.05, 4.69) is 29.2 Å². The minimum atomic E-state index is -0.0662. The molecule has 27 heavy (non-hydrogen) atoms. The SMILES string of the molecule is CCN(CC)CCNC(=O)c1cc(-c2cnn(C)c2C)nc2ccccc12. The van der Waals surface area contributed by atoms with Crippen molar-refractivity contribution < 1.29 is 4.79 Å². The van der Waals surface area contributed by atoms with E-state index < -0.39 is 0 Å². The summed E-state index contributed by atoms with van der Waals surface area (Å²) in [5.41, 5.74) is 4.20. The predicted octanol–water partition coefficient (Wildman–Crippen LogP) is 3.02. The molecule has 0 radical (unpaired) electrons. The Hall–Kier alpha value is -2.73. The third kappa shape index (κ3) is 4.01. The fraction of sp³-hybridized carbons (Fsp3) is 0.381. The van der Waals surface area contributed by atoms with Gasteiger partial charge >= 0.3 is 0 Å². The molecule has 3 aromatic rings. The van der Waals surface area contributed by atoms with Crippen LogP contribution in [0, 0.1) is 6.92 Å². The van der Waals surface area contributed by atoms with Crippen LogP contribution in [0.3, 0.4) is 0 Å². The first-order valence-corrected chi connectivity index (χ1v) is 9.44. The molecule has 6 heteroatoms. The van der Waals surface area contributed by atoms with Crippen LogP contribution in [0.2, 0.25) is 0 Å². The number of fused-ring (bicyclic) bond motifs is 1. The lowest BCUT2D eigenvalue weighted by Gasteiger charge is -2.18. The van der Waals surface area contributed by atoms with Gasteiger partial charge in [0.25, 0.3) is 5.91 Å². The van der Waals surface area contributed by atoms with Crippen molar-refractivity contribution in [2.24, 2.45) is 7.05 Å². The molecule has 0 saturated heterocycles. The predicted molar refractivity (Wildman–Crippen MR) is 109 cm³/mol. The number of nitrogens with zero attached hydrogens (tertiary/aromatic N) is 4. The van der Waals surface area contributed by atoms with Crippen LogP contribution in [0.1, 0.15) is 29.9 Å². The number of para-hydroxylation sites is 1. The van der Waals surface area contributed by atoms with Crippen LogP contribution in [0.4, 0.5) is 0 Å². The van der Waals surface area contributed by atoms with Gasteiger partial charge in [-0.15, -0.1) is 0 Å². The van der Waals surface area contributed by atoms with Crippen molar-refractivity contribution in [2.75, 3.05) is 26.2 Å². The Morgan fingerprint density at radius 3 is 2.63 bits per heavy atom. The smallest absolute Gasteiger partial charge is 0.252 e. The monoisotopic (exact) mass is 365 g/mol. The van der Waals surface area contributed by atoms with Gasteiger partial charge in [-0.05, 0) is 32.1 Å². The van der Waals surface area contributed by atoms with Crippen LogP contribution in [-0.4, -0.2) is 51.8 Å². The number of likely N-dealkylation sites (N-methyl/N-ethyl adjacent to an activating group) is 1. The van der Waals surface area contributed by atoms with E-state index in [4.69, 9.17) is 4.98 Å². The van der Waals surface area contributed by atoms with Crippen LogP contribution in [0.25, 0.3) is 22.2 Å². The number of hydrogen-bond acceptors (Lipinski definition) is 4. The Labute approximate surface area is 160 Å². The number of aromatic nitrogens is 3. The summed E-state index contributed by atoms with van der Waals surface area (Å²) in [6.07, 6.45) is 1.80.